The number of nitrogens with zero attached hydrogens (tertiary/aromatic N) is 2. The topological polar surface area (TPSA) is 96.0 Å². The maximum Gasteiger partial charge on any atom is 0.264 e. The summed E-state index contributed by atoms with van der Waals surface area (Å²) in [7, 11) is -2.53. The molecule has 0 radical (unpaired) electrons. The second-order valence-electron chi connectivity index (χ2n) is 10.2. The fourth-order valence-corrected chi connectivity index (χ4v) is 5.87. The zero-order chi connectivity index (χ0) is 30.2. The van der Waals surface area contributed by atoms with Crippen LogP contribution in [0, 0.1) is 20.8 Å². The molecule has 0 aliphatic carbocycles. The largest absolute Gasteiger partial charge is 0.497 e. The lowest BCUT2D eigenvalue weighted by atomic mass is 10.1. The number of hydrogen-bond donors (Lipinski definition) is 1. The summed E-state index contributed by atoms with van der Waals surface area (Å²) in [6.45, 7) is 9.67. The number of carbonyl (C=O) groups is 2. The highest BCUT2D eigenvalue weighted by Crippen LogP contribution is 2.27. The predicted octanol–water partition coefficient (Wildman–Crippen LogP) is 5.15. The Kier molecular flexibility index (Phi) is 10.9. The molecule has 1 atom stereocenters. The van der Waals surface area contributed by atoms with Crippen LogP contribution in [0.4, 0.5) is 5.69 Å². The van der Waals surface area contributed by atoms with Gasteiger partial charge in [-0.2, -0.15) is 0 Å². The first-order valence-electron chi connectivity index (χ1n) is 13.9. The van der Waals surface area contributed by atoms with E-state index >= 15 is 0 Å². The normalized spacial score (nSPS) is 12.0. The SMILES string of the molecule is CCCNC(=O)C(CC)N(Cc1ccc(OC)cc1)C(=O)CN(c1ccc(C)c(C)c1)S(=O)(=O)c1ccc(C)cc1. The van der Waals surface area contributed by atoms with Gasteiger partial charge >= 0.3 is 0 Å². The molecule has 0 aliphatic rings. The van der Waals surface area contributed by atoms with E-state index in [0.29, 0.717) is 24.4 Å². The Morgan fingerprint density at radius 2 is 1.56 bits per heavy atom. The van der Waals surface area contributed by atoms with Crippen molar-refractivity contribution in [3.63, 3.8) is 0 Å². The second kappa shape index (κ2) is 14.2. The molecule has 220 valence electrons. The van der Waals surface area contributed by atoms with E-state index in [4.69, 9.17) is 4.74 Å². The first-order chi connectivity index (χ1) is 19.5. The van der Waals surface area contributed by atoms with Crippen LogP contribution in [0.5, 0.6) is 5.75 Å². The minimum Gasteiger partial charge on any atom is -0.497 e. The first kappa shape index (κ1) is 31.7. The minimum atomic E-state index is -4.11. The monoisotopic (exact) mass is 579 g/mol. The molecule has 3 aromatic carbocycles. The quantitative estimate of drug-likeness (QED) is 0.302. The second-order valence-corrected chi connectivity index (χ2v) is 12.0. The maximum absolute atomic E-state index is 14.1. The van der Waals surface area contributed by atoms with Gasteiger partial charge in [-0.15, -0.1) is 0 Å². The number of rotatable bonds is 13. The van der Waals surface area contributed by atoms with Crippen molar-refractivity contribution in [3.05, 3.63) is 89.0 Å². The Hall–Kier alpha value is -3.85. The van der Waals surface area contributed by atoms with E-state index in [1.807, 2.05) is 52.8 Å². The van der Waals surface area contributed by atoms with Crippen molar-refractivity contribution in [1.29, 1.82) is 0 Å². The van der Waals surface area contributed by atoms with E-state index in [0.717, 1.165) is 33.0 Å². The number of benzene rings is 3. The van der Waals surface area contributed by atoms with Gasteiger partial charge < -0.3 is 15.0 Å². The first-order valence-corrected chi connectivity index (χ1v) is 15.3. The molecule has 9 heteroatoms. The zero-order valence-corrected chi connectivity index (χ0v) is 25.6. The number of aryl methyl sites for hydroxylation is 3. The van der Waals surface area contributed by atoms with E-state index in [-0.39, 0.29) is 17.3 Å². The lowest BCUT2D eigenvalue weighted by molar-refractivity contribution is -0.140. The van der Waals surface area contributed by atoms with Crippen molar-refractivity contribution < 1.29 is 22.7 Å². The molecule has 1 N–H and O–H groups in total. The number of hydrogen-bond acceptors (Lipinski definition) is 5. The highest BCUT2D eigenvalue weighted by atomic mass is 32.2. The molecule has 0 aliphatic heterocycles. The smallest absolute Gasteiger partial charge is 0.264 e. The fourth-order valence-electron chi connectivity index (χ4n) is 4.46. The van der Waals surface area contributed by atoms with Gasteiger partial charge in [0, 0.05) is 13.1 Å². The molecule has 3 aromatic rings. The summed E-state index contributed by atoms with van der Waals surface area (Å²) < 4.78 is 34.4. The molecule has 3 rings (SSSR count). The van der Waals surface area contributed by atoms with Crippen LogP contribution in [-0.4, -0.2) is 51.4 Å². The van der Waals surface area contributed by atoms with Crippen LogP contribution in [0.2, 0.25) is 0 Å². The van der Waals surface area contributed by atoms with Crippen LogP contribution in [0.3, 0.4) is 0 Å². The third kappa shape index (κ3) is 7.88. The van der Waals surface area contributed by atoms with Gasteiger partial charge in [-0.25, -0.2) is 8.42 Å². The molecule has 1 unspecified atom stereocenters. The molecular formula is C32H41N3O5S. The maximum atomic E-state index is 14.1. The van der Waals surface area contributed by atoms with Crippen LogP contribution in [0.25, 0.3) is 0 Å². The Labute approximate surface area is 244 Å². The van der Waals surface area contributed by atoms with Crippen molar-refractivity contribution >= 4 is 27.5 Å². The predicted molar refractivity (Wildman–Crippen MR) is 163 cm³/mol. The Balaban J connectivity index is 2.07. The molecular weight excluding hydrogens is 538 g/mol. The number of carbonyl (C=O) groups excluding carboxylic acids is 2. The van der Waals surface area contributed by atoms with Crippen LogP contribution in [-0.2, 0) is 26.2 Å². The van der Waals surface area contributed by atoms with Crippen LogP contribution in [0.15, 0.2) is 71.6 Å². The summed E-state index contributed by atoms with van der Waals surface area (Å²) in [5.74, 6) is -0.0759. The third-order valence-corrected chi connectivity index (χ3v) is 8.90. The highest BCUT2D eigenvalue weighted by Gasteiger charge is 2.33. The summed E-state index contributed by atoms with van der Waals surface area (Å²) in [6, 6.07) is 18.3. The third-order valence-electron chi connectivity index (χ3n) is 7.11. The molecule has 0 saturated heterocycles. The highest BCUT2D eigenvalue weighted by molar-refractivity contribution is 7.92. The lowest BCUT2D eigenvalue weighted by Gasteiger charge is -2.33. The number of amides is 2. The molecule has 0 fully saturated rings. The summed E-state index contributed by atoms with van der Waals surface area (Å²) in [5, 5.41) is 2.90. The minimum absolute atomic E-state index is 0.0866. The average molecular weight is 580 g/mol. The van der Waals surface area contributed by atoms with Crippen LogP contribution >= 0.6 is 0 Å². The summed E-state index contributed by atoms with van der Waals surface area (Å²) in [6.07, 6.45) is 1.12. The molecule has 0 spiro atoms. The van der Waals surface area contributed by atoms with E-state index in [1.165, 1.54) is 4.90 Å². The number of anilines is 1. The number of nitrogens with one attached hydrogen (secondary N) is 1. The fraction of sp³-hybridized carbons (Fsp3) is 0.375. The van der Waals surface area contributed by atoms with Gasteiger partial charge in [-0.05, 0) is 86.7 Å². The molecule has 41 heavy (non-hydrogen) atoms. The Morgan fingerprint density at radius 3 is 2.12 bits per heavy atom. The lowest BCUT2D eigenvalue weighted by Crippen LogP contribution is -2.52. The average Bonchev–Trinajstić information content (AvgIpc) is 2.96. The van der Waals surface area contributed by atoms with Gasteiger partial charge in [-0.1, -0.05) is 49.7 Å². The number of sulfonamides is 1. The van der Waals surface area contributed by atoms with Crippen molar-refractivity contribution in [2.75, 3.05) is 24.5 Å². The molecule has 2 amide bonds. The van der Waals surface area contributed by atoms with E-state index in [1.54, 1.807) is 55.6 Å². The van der Waals surface area contributed by atoms with Gasteiger partial charge in [0.1, 0.15) is 18.3 Å². The molecule has 0 saturated carbocycles. The van der Waals surface area contributed by atoms with E-state index < -0.39 is 28.5 Å². The van der Waals surface area contributed by atoms with Crippen LogP contribution < -0.4 is 14.4 Å². The van der Waals surface area contributed by atoms with E-state index in [2.05, 4.69) is 5.32 Å². The Morgan fingerprint density at radius 1 is 0.902 bits per heavy atom. The van der Waals surface area contributed by atoms with Gasteiger partial charge in [0.25, 0.3) is 10.0 Å². The molecule has 0 heterocycles. The molecule has 8 nitrogen and oxygen atoms in total. The van der Waals surface area contributed by atoms with Crippen molar-refractivity contribution in [1.82, 2.24) is 10.2 Å². The summed E-state index contributed by atoms with van der Waals surface area (Å²) >= 11 is 0. The summed E-state index contributed by atoms with van der Waals surface area (Å²) in [4.78, 5) is 28.9. The van der Waals surface area contributed by atoms with Gasteiger partial charge in [0.15, 0.2) is 0 Å². The zero-order valence-electron chi connectivity index (χ0n) is 24.8. The summed E-state index contributed by atoms with van der Waals surface area (Å²) in [5.41, 5.74) is 4.01. The molecule has 0 aromatic heterocycles. The molecule has 0 bridgehead atoms. The van der Waals surface area contributed by atoms with Crippen molar-refractivity contribution in [3.8, 4) is 5.75 Å². The number of ether oxygens (including phenoxy) is 1. The van der Waals surface area contributed by atoms with Gasteiger partial charge in [-0.3, -0.25) is 13.9 Å². The van der Waals surface area contributed by atoms with E-state index in [9.17, 15) is 18.0 Å². The van der Waals surface area contributed by atoms with Crippen molar-refractivity contribution in [2.24, 2.45) is 0 Å². The number of methoxy groups -OCH3 is 1. The van der Waals surface area contributed by atoms with Crippen LogP contribution in [0.1, 0.15) is 48.9 Å². The van der Waals surface area contributed by atoms with Gasteiger partial charge in [0.05, 0.1) is 17.7 Å². The van der Waals surface area contributed by atoms with Gasteiger partial charge in [0.2, 0.25) is 11.8 Å². The standard InChI is InChI=1S/C32H41N3O5S/c1-7-19-33-32(37)30(8-2)34(21-26-12-15-28(40-6)16-13-26)31(36)22-35(27-14-11-24(4)25(5)20-27)41(38,39)29-17-9-23(3)10-18-29/h9-18,20,30H,7-8,19,21-22H2,1-6H3,(H,33,37). The van der Waals surface area contributed by atoms with Crippen molar-refractivity contribution in [2.45, 2.75) is 64.9 Å². The Bertz CT molecular complexity index is 1440.